The number of aryl methyl sites for hydroxylation is 1. The minimum Gasteiger partial charge on any atom is -0.492 e. The van der Waals surface area contributed by atoms with Gasteiger partial charge in [-0.25, -0.2) is 19.7 Å². The van der Waals surface area contributed by atoms with Crippen LogP contribution in [0.15, 0.2) is 55.1 Å². The Morgan fingerprint density at radius 3 is 2.59 bits per heavy atom. The molecule has 0 radical (unpaired) electrons. The molecule has 0 bridgehead atoms. The number of aromatic nitrogens is 5. The summed E-state index contributed by atoms with van der Waals surface area (Å²) in [5.41, 5.74) is 0.284. The molecule has 0 unspecified atom stereocenters. The lowest BCUT2D eigenvalue weighted by molar-refractivity contribution is -0.00784. The summed E-state index contributed by atoms with van der Waals surface area (Å²) in [7, 11) is 1.85. The van der Waals surface area contributed by atoms with E-state index in [9.17, 15) is 4.79 Å². The van der Waals surface area contributed by atoms with Crippen LogP contribution in [0.3, 0.4) is 0 Å². The topological polar surface area (TPSA) is 117 Å². The fraction of sp³-hybridized carbons (Fsp3) is 0.346. The van der Waals surface area contributed by atoms with Crippen molar-refractivity contribution in [1.82, 2.24) is 29.6 Å². The molecule has 4 heterocycles. The smallest absolute Gasteiger partial charge is 0.410 e. The molecule has 37 heavy (non-hydrogen) atoms. The molecule has 0 spiro atoms. The molecular weight excluding hydrogens is 474 g/mol. The number of anilines is 2. The first-order chi connectivity index (χ1) is 17.7. The van der Waals surface area contributed by atoms with E-state index in [4.69, 9.17) is 14.2 Å². The monoisotopic (exact) mass is 503 g/mol. The Balaban J connectivity index is 1.16. The zero-order valence-corrected chi connectivity index (χ0v) is 21.2. The van der Waals surface area contributed by atoms with Crippen LogP contribution in [0.25, 0.3) is 10.9 Å². The number of nitrogens with one attached hydrogen (secondary N) is 1. The molecule has 5 rings (SSSR count). The number of hydrogen-bond donors (Lipinski definition) is 1. The van der Waals surface area contributed by atoms with E-state index in [1.807, 2.05) is 64.3 Å². The standard InChI is InChI=1S/C26H29N7O4/c1-26(2,3)37-25(34)33-13-17(14-33)15-35-19-6-8-23(27-12-19)36-18-5-7-21-20(11-18)24(29-16-28-21)30-22-9-10-32(4)31-22/h5-12,16-17H,13-15H2,1-4H3,(H,28,29,30,31). The van der Waals surface area contributed by atoms with Crippen LogP contribution in [0, 0.1) is 5.92 Å². The number of nitrogens with zero attached hydrogens (tertiary/aromatic N) is 6. The molecule has 0 saturated carbocycles. The van der Waals surface area contributed by atoms with Crippen LogP contribution < -0.4 is 14.8 Å². The molecule has 1 N–H and O–H groups in total. The summed E-state index contributed by atoms with van der Waals surface area (Å²) in [6.07, 6.45) is 4.70. The van der Waals surface area contributed by atoms with Crippen molar-refractivity contribution in [2.24, 2.45) is 13.0 Å². The maximum atomic E-state index is 12.0. The number of benzene rings is 1. The van der Waals surface area contributed by atoms with Gasteiger partial charge in [-0.05, 0) is 45.0 Å². The summed E-state index contributed by atoms with van der Waals surface area (Å²) >= 11 is 0. The third kappa shape index (κ3) is 6.05. The lowest BCUT2D eigenvalue weighted by atomic mass is 10.0. The van der Waals surface area contributed by atoms with E-state index in [-0.39, 0.29) is 12.0 Å². The first kappa shape index (κ1) is 24.3. The SMILES string of the molecule is Cn1ccc(Nc2ncnc3ccc(Oc4ccc(OCC5CN(C(=O)OC(C)(C)C)C5)cn4)cc23)n1. The quantitative estimate of drug-likeness (QED) is 0.388. The van der Waals surface area contributed by atoms with Gasteiger partial charge in [0.05, 0.1) is 18.3 Å². The second kappa shape index (κ2) is 9.92. The van der Waals surface area contributed by atoms with Gasteiger partial charge in [-0.3, -0.25) is 4.68 Å². The van der Waals surface area contributed by atoms with Gasteiger partial charge in [0.2, 0.25) is 5.88 Å². The fourth-order valence-electron chi connectivity index (χ4n) is 3.80. The summed E-state index contributed by atoms with van der Waals surface area (Å²) in [5, 5.41) is 8.36. The van der Waals surface area contributed by atoms with Crippen LogP contribution >= 0.6 is 0 Å². The van der Waals surface area contributed by atoms with Gasteiger partial charge in [-0.2, -0.15) is 5.10 Å². The third-order valence-electron chi connectivity index (χ3n) is 5.59. The van der Waals surface area contributed by atoms with Crippen LogP contribution in [0.1, 0.15) is 20.8 Å². The zero-order chi connectivity index (χ0) is 26.0. The minimum atomic E-state index is -0.492. The first-order valence-electron chi connectivity index (χ1n) is 12.0. The molecule has 1 aromatic carbocycles. The minimum absolute atomic E-state index is 0.261. The van der Waals surface area contributed by atoms with Crippen LogP contribution in [0.4, 0.5) is 16.4 Å². The average Bonchev–Trinajstić information content (AvgIpc) is 3.23. The van der Waals surface area contributed by atoms with Crippen molar-refractivity contribution in [2.75, 3.05) is 25.0 Å². The number of hydrogen-bond acceptors (Lipinski definition) is 9. The van der Waals surface area contributed by atoms with Crippen LogP contribution in [0.2, 0.25) is 0 Å². The van der Waals surface area contributed by atoms with Crippen molar-refractivity contribution in [2.45, 2.75) is 26.4 Å². The van der Waals surface area contributed by atoms with Crippen molar-refractivity contribution < 1.29 is 19.0 Å². The summed E-state index contributed by atoms with van der Waals surface area (Å²) < 4.78 is 18.9. The highest BCUT2D eigenvalue weighted by molar-refractivity contribution is 5.91. The normalized spacial score (nSPS) is 13.8. The number of ether oxygens (including phenoxy) is 3. The molecule has 4 aromatic rings. The van der Waals surface area contributed by atoms with E-state index >= 15 is 0 Å². The Morgan fingerprint density at radius 1 is 1.08 bits per heavy atom. The molecule has 1 amide bonds. The number of carbonyl (C=O) groups excluding carboxylic acids is 1. The molecule has 0 atom stereocenters. The van der Waals surface area contributed by atoms with E-state index in [1.165, 1.54) is 6.33 Å². The Hall–Kier alpha value is -4.41. The number of carbonyl (C=O) groups is 1. The highest BCUT2D eigenvalue weighted by Gasteiger charge is 2.34. The molecule has 1 fully saturated rings. The zero-order valence-electron chi connectivity index (χ0n) is 21.2. The van der Waals surface area contributed by atoms with E-state index in [0.717, 1.165) is 10.9 Å². The Morgan fingerprint density at radius 2 is 1.89 bits per heavy atom. The molecule has 1 saturated heterocycles. The number of fused-ring (bicyclic) bond motifs is 1. The van der Waals surface area contributed by atoms with Crippen molar-refractivity contribution >= 4 is 28.6 Å². The summed E-state index contributed by atoms with van der Waals surface area (Å²) in [4.78, 5) is 26.8. The first-order valence-corrected chi connectivity index (χ1v) is 12.0. The van der Waals surface area contributed by atoms with Crippen LogP contribution in [-0.4, -0.2) is 61.0 Å². The highest BCUT2D eigenvalue weighted by atomic mass is 16.6. The number of likely N-dealkylation sites (tertiary alicyclic amines) is 1. The van der Waals surface area contributed by atoms with Gasteiger partial charge < -0.3 is 24.4 Å². The van der Waals surface area contributed by atoms with Gasteiger partial charge in [0, 0.05) is 49.8 Å². The Kier molecular flexibility index (Phi) is 6.51. The number of rotatable bonds is 7. The molecule has 1 aliphatic rings. The maximum Gasteiger partial charge on any atom is 0.410 e. The molecule has 11 nitrogen and oxygen atoms in total. The Bertz CT molecular complexity index is 1390. The maximum absolute atomic E-state index is 12.0. The second-order valence-electron chi connectivity index (χ2n) is 9.90. The van der Waals surface area contributed by atoms with Gasteiger partial charge in [-0.15, -0.1) is 0 Å². The number of pyridine rings is 1. The van der Waals surface area contributed by atoms with Gasteiger partial charge in [0.25, 0.3) is 0 Å². The average molecular weight is 504 g/mol. The predicted octanol–water partition coefficient (Wildman–Crippen LogP) is 4.54. The van der Waals surface area contributed by atoms with Crippen molar-refractivity contribution in [3.05, 3.63) is 55.1 Å². The fourth-order valence-corrected chi connectivity index (χ4v) is 3.80. The molecule has 1 aliphatic heterocycles. The number of amides is 1. The molecule has 0 aliphatic carbocycles. The van der Waals surface area contributed by atoms with Crippen LogP contribution in [0.5, 0.6) is 17.4 Å². The van der Waals surface area contributed by atoms with Crippen molar-refractivity contribution in [3.63, 3.8) is 0 Å². The largest absolute Gasteiger partial charge is 0.492 e. The molecule has 11 heteroatoms. The summed E-state index contributed by atoms with van der Waals surface area (Å²) in [6.45, 7) is 7.31. The molecule has 192 valence electrons. The lowest BCUT2D eigenvalue weighted by Crippen LogP contribution is -2.53. The van der Waals surface area contributed by atoms with Crippen molar-refractivity contribution in [1.29, 1.82) is 0 Å². The van der Waals surface area contributed by atoms with Gasteiger partial charge in [0.15, 0.2) is 5.82 Å². The lowest BCUT2D eigenvalue weighted by Gasteiger charge is -2.39. The van der Waals surface area contributed by atoms with Crippen LogP contribution in [-0.2, 0) is 11.8 Å². The van der Waals surface area contributed by atoms with Crippen molar-refractivity contribution in [3.8, 4) is 17.4 Å². The third-order valence-corrected chi connectivity index (χ3v) is 5.59. The van der Waals surface area contributed by atoms with E-state index in [2.05, 4.69) is 25.4 Å². The van der Waals surface area contributed by atoms with Gasteiger partial charge in [-0.1, -0.05) is 0 Å². The van der Waals surface area contributed by atoms with Gasteiger partial charge in [0.1, 0.15) is 29.2 Å². The van der Waals surface area contributed by atoms with E-state index in [0.29, 0.717) is 48.7 Å². The summed E-state index contributed by atoms with van der Waals surface area (Å²) in [5.74, 6) is 3.25. The van der Waals surface area contributed by atoms with E-state index < -0.39 is 5.60 Å². The molecule has 3 aromatic heterocycles. The second-order valence-corrected chi connectivity index (χ2v) is 9.90. The predicted molar refractivity (Wildman–Crippen MR) is 137 cm³/mol. The summed E-state index contributed by atoms with van der Waals surface area (Å²) in [6, 6.07) is 11.0. The Labute approximate surface area is 214 Å². The highest BCUT2D eigenvalue weighted by Crippen LogP contribution is 2.29. The van der Waals surface area contributed by atoms with E-state index in [1.54, 1.807) is 21.8 Å². The van der Waals surface area contributed by atoms with Gasteiger partial charge >= 0.3 is 6.09 Å². The molecular formula is C26H29N7O4.